The molecule has 0 saturated carbocycles. The van der Waals surface area contributed by atoms with Crippen molar-refractivity contribution < 1.29 is 9.53 Å². The highest BCUT2D eigenvalue weighted by Gasteiger charge is 2.01. The molecule has 0 spiro atoms. The summed E-state index contributed by atoms with van der Waals surface area (Å²) in [6.07, 6.45) is 7.66. The van der Waals surface area contributed by atoms with Gasteiger partial charge in [0.15, 0.2) is 0 Å². The summed E-state index contributed by atoms with van der Waals surface area (Å²) < 4.78 is 5.27. The number of methoxy groups -OCH3 is 1. The van der Waals surface area contributed by atoms with E-state index in [1.807, 2.05) is 60.7 Å². The number of ether oxygens (including phenoxy) is 1. The molecule has 0 saturated heterocycles. The van der Waals surface area contributed by atoms with E-state index in [0.717, 1.165) is 23.4 Å². The number of nitrogens with zero attached hydrogens (tertiary/aromatic N) is 1. The summed E-state index contributed by atoms with van der Waals surface area (Å²) in [5, 5.41) is 2.86. The third kappa shape index (κ3) is 4.80. The number of nitrogens with one attached hydrogen (secondary N) is 1. The number of aromatic nitrogens is 1. The highest BCUT2D eigenvalue weighted by atomic mass is 16.5. The van der Waals surface area contributed by atoms with Crippen molar-refractivity contribution in [2.75, 3.05) is 12.4 Å². The van der Waals surface area contributed by atoms with Crippen molar-refractivity contribution in [3.05, 3.63) is 95.8 Å². The molecule has 0 radical (unpaired) electrons. The first-order valence-electron chi connectivity index (χ1n) is 8.34. The van der Waals surface area contributed by atoms with E-state index in [2.05, 4.69) is 10.3 Å². The van der Waals surface area contributed by atoms with Crippen LogP contribution in [0.3, 0.4) is 0 Å². The largest absolute Gasteiger partial charge is 0.496 e. The number of amides is 1. The van der Waals surface area contributed by atoms with E-state index >= 15 is 0 Å². The Bertz CT molecular complexity index is 888. The smallest absolute Gasteiger partial charge is 0.248 e. The normalized spacial score (nSPS) is 10.7. The van der Waals surface area contributed by atoms with Crippen LogP contribution in [0.4, 0.5) is 5.69 Å². The molecule has 4 nitrogen and oxygen atoms in total. The number of hydrogen-bond acceptors (Lipinski definition) is 3. The molecule has 3 rings (SSSR count). The van der Waals surface area contributed by atoms with E-state index in [9.17, 15) is 4.79 Å². The summed E-state index contributed by atoms with van der Waals surface area (Å²) in [4.78, 5) is 16.1. The standard InChI is InChI=1S/C22H20N2O2/c1-26-21-5-3-2-4-19(21)8-11-22(25)24-20-9-6-17(7-10-20)16-18-12-14-23-15-13-18/h2-15H,16H2,1H3,(H,24,25)/b11-8+. The molecule has 26 heavy (non-hydrogen) atoms. The number of para-hydroxylation sites is 1. The summed E-state index contributed by atoms with van der Waals surface area (Å²) in [7, 11) is 1.61. The van der Waals surface area contributed by atoms with Gasteiger partial charge >= 0.3 is 0 Å². The summed E-state index contributed by atoms with van der Waals surface area (Å²) in [5.74, 6) is 0.551. The first-order valence-corrected chi connectivity index (χ1v) is 8.34. The number of carbonyl (C=O) groups excluding carboxylic acids is 1. The van der Waals surface area contributed by atoms with Crippen LogP contribution in [0.25, 0.3) is 6.08 Å². The van der Waals surface area contributed by atoms with Crippen molar-refractivity contribution in [1.29, 1.82) is 0 Å². The molecule has 130 valence electrons. The number of benzene rings is 2. The zero-order valence-electron chi connectivity index (χ0n) is 14.6. The van der Waals surface area contributed by atoms with Gasteiger partial charge in [-0.3, -0.25) is 9.78 Å². The van der Waals surface area contributed by atoms with Crippen molar-refractivity contribution in [2.45, 2.75) is 6.42 Å². The fraction of sp³-hybridized carbons (Fsp3) is 0.0909. The van der Waals surface area contributed by atoms with Crippen LogP contribution in [0, 0.1) is 0 Å². The minimum Gasteiger partial charge on any atom is -0.496 e. The molecule has 1 aromatic heterocycles. The maximum absolute atomic E-state index is 12.1. The highest BCUT2D eigenvalue weighted by Crippen LogP contribution is 2.19. The molecule has 0 aliphatic heterocycles. The topological polar surface area (TPSA) is 51.2 Å². The molecule has 1 N–H and O–H groups in total. The van der Waals surface area contributed by atoms with Gasteiger partial charge in [0, 0.05) is 29.7 Å². The van der Waals surface area contributed by atoms with E-state index in [-0.39, 0.29) is 5.91 Å². The lowest BCUT2D eigenvalue weighted by Crippen LogP contribution is -2.07. The van der Waals surface area contributed by atoms with Crippen LogP contribution in [0.1, 0.15) is 16.7 Å². The second-order valence-electron chi connectivity index (χ2n) is 5.79. The number of hydrogen-bond donors (Lipinski definition) is 1. The average Bonchev–Trinajstić information content (AvgIpc) is 2.69. The van der Waals surface area contributed by atoms with Gasteiger partial charge in [0.25, 0.3) is 0 Å². The number of rotatable bonds is 6. The van der Waals surface area contributed by atoms with Crippen molar-refractivity contribution in [2.24, 2.45) is 0 Å². The molecule has 1 amide bonds. The van der Waals surface area contributed by atoms with Crippen LogP contribution in [0.5, 0.6) is 5.75 Å². The molecule has 0 fully saturated rings. The van der Waals surface area contributed by atoms with Crippen LogP contribution in [0.15, 0.2) is 79.1 Å². The van der Waals surface area contributed by atoms with E-state index in [0.29, 0.717) is 0 Å². The van der Waals surface area contributed by atoms with Crippen LogP contribution in [-0.4, -0.2) is 18.0 Å². The fourth-order valence-electron chi connectivity index (χ4n) is 2.60. The SMILES string of the molecule is COc1ccccc1/C=C/C(=O)Nc1ccc(Cc2ccncc2)cc1. The molecule has 3 aromatic rings. The average molecular weight is 344 g/mol. The molecular weight excluding hydrogens is 324 g/mol. The third-order valence-electron chi connectivity index (χ3n) is 3.93. The van der Waals surface area contributed by atoms with E-state index in [4.69, 9.17) is 4.74 Å². The first kappa shape index (κ1) is 17.4. The van der Waals surface area contributed by atoms with E-state index in [1.165, 1.54) is 17.2 Å². The summed E-state index contributed by atoms with van der Waals surface area (Å²) >= 11 is 0. The van der Waals surface area contributed by atoms with Gasteiger partial charge in [0.05, 0.1) is 7.11 Å². The lowest BCUT2D eigenvalue weighted by molar-refractivity contribution is -0.111. The summed E-state index contributed by atoms with van der Waals surface area (Å²) in [6.45, 7) is 0. The Labute approximate surface area is 153 Å². The van der Waals surface area contributed by atoms with Crippen LogP contribution in [-0.2, 0) is 11.2 Å². The fourth-order valence-corrected chi connectivity index (χ4v) is 2.60. The van der Waals surface area contributed by atoms with Gasteiger partial charge in [-0.05, 0) is 54.0 Å². The van der Waals surface area contributed by atoms with Gasteiger partial charge in [-0.15, -0.1) is 0 Å². The van der Waals surface area contributed by atoms with Crippen molar-refractivity contribution in [1.82, 2.24) is 4.98 Å². The monoisotopic (exact) mass is 344 g/mol. The highest BCUT2D eigenvalue weighted by molar-refractivity contribution is 6.02. The molecule has 0 bridgehead atoms. The lowest BCUT2D eigenvalue weighted by Gasteiger charge is -2.06. The second kappa shape index (κ2) is 8.62. The van der Waals surface area contributed by atoms with Gasteiger partial charge in [-0.1, -0.05) is 30.3 Å². The van der Waals surface area contributed by atoms with Gasteiger partial charge in [-0.2, -0.15) is 0 Å². The molecule has 1 heterocycles. The summed E-state index contributed by atoms with van der Waals surface area (Å²) in [5.41, 5.74) is 4.01. The van der Waals surface area contributed by atoms with Crippen LogP contribution in [0.2, 0.25) is 0 Å². The van der Waals surface area contributed by atoms with Crippen molar-refractivity contribution in [3.8, 4) is 5.75 Å². The van der Waals surface area contributed by atoms with Crippen LogP contribution < -0.4 is 10.1 Å². The maximum Gasteiger partial charge on any atom is 0.248 e. The Hall–Kier alpha value is -3.40. The maximum atomic E-state index is 12.1. The molecule has 0 unspecified atom stereocenters. The molecular formula is C22H20N2O2. The Balaban J connectivity index is 1.60. The van der Waals surface area contributed by atoms with Gasteiger partial charge in [-0.25, -0.2) is 0 Å². The Morgan fingerprint density at radius 3 is 2.42 bits per heavy atom. The molecule has 2 aromatic carbocycles. The number of anilines is 1. The predicted octanol–water partition coefficient (Wildman–Crippen LogP) is 4.33. The molecule has 0 atom stereocenters. The predicted molar refractivity (Wildman–Crippen MR) is 104 cm³/mol. The second-order valence-corrected chi connectivity index (χ2v) is 5.79. The van der Waals surface area contributed by atoms with Crippen molar-refractivity contribution >= 4 is 17.7 Å². The van der Waals surface area contributed by atoms with Crippen molar-refractivity contribution in [3.63, 3.8) is 0 Å². The van der Waals surface area contributed by atoms with Gasteiger partial charge in [0.1, 0.15) is 5.75 Å². The quantitative estimate of drug-likeness (QED) is 0.677. The minimum absolute atomic E-state index is 0.183. The lowest BCUT2D eigenvalue weighted by atomic mass is 10.1. The zero-order valence-corrected chi connectivity index (χ0v) is 14.6. The van der Waals surface area contributed by atoms with Crippen LogP contribution >= 0.6 is 0 Å². The van der Waals surface area contributed by atoms with E-state index in [1.54, 1.807) is 25.6 Å². The zero-order chi connectivity index (χ0) is 18.2. The minimum atomic E-state index is -0.183. The molecule has 4 heteroatoms. The Morgan fingerprint density at radius 2 is 1.69 bits per heavy atom. The summed E-state index contributed by atoms with van der Waals surface area (Å²) in [6, 6.07) is 19.4. The van der Waals surface area contributed by atoms with Gasteiger partial charge < -0.3 is 10.1 Å². The number of pyridine rings is 1. The molecule has 0 aliphatic rings. The Kier molecular flexibility index (Phi) is 5.78. The number of carbonyl (C=O) groups is 1. The Morgan fingerprint density at radius 1 is 1.00 bits per heavy atom. The third-order valence-corrected chi connectivity index (χ3v) is 3.93. The van der Waals surface area contributed by atoms with Gasteiger partial charge in [0.2, 0.25) is 5.91 Å². The molecule has 0 aliphatic carbocycles. The first-order chi connectivity index (χ1) is 12.7. The van der Waals surface area contributed by atoms with E-state index < -0.39 is 0 Å².